The lowest BCUT2D eigenvalue weighted by Crippen LogP contribution is -2.56. The molecule has 1 aromatic heterocycles. The minimum absolute atomic E-state index is 0.0527. The number of pyridine rings is 1. The molecule has 2 saturated heterocycles. The molecule has 2 amide bonds. The Balaban J connectivity index is 1.71. The SMILES string of the molecule is CC[C@H](C)[C@@H]1NC(=O)C2(CCCCOCCCNC1=O)CCN(Cc1cccnc1)CC2. The van der Waals surface area contributed by atoms with Gasteiger partial charge in [0.2, 0.25) is 11.8 Å². The highest BCUT2D eigenvalue weighted by Gasteiger charge is 2.42. The quantitative estimate of drug-likeness (QED) is 0.746. The Hall–Kier alpha value is -1.99. The van der Waals surface area contributed by atoms with E-state index in [0.717, 1.165) is 64.6 Å². The van der Waals surface area contributed by atoms with E-state index in [-0.39, 0.29) is 17.7 Å². The summed E-state index contributed by atoms with van der Waals surface area (Å²) < 4.78 is 5.73. The molecule has 178 valence electrons. The van der Waals surface area contributed by atoms with E-state index in [9.17, 15) is 9.59 Å². The van der Waals surface area contributed by atoms with E-state index < -0.39 is 11.5 Å². The minimum Gasteiger partial charge on any atom is -0.381 e. The van der Waals surface area contributed by atoms with Crippen LogP contribution < -0.4 is 10.6 Å². The fourth-order valence-electron chi connectivity index (χ4n) is 4.74. The predicted molar refractivity (Wildman–Crippen MR) is 125 cm³/mol. The Bertz CT molecular complexity index is 719. The third-order valence-corrected chi connectivity index (χ3v) is 7.16. The number of piperidine rings is 1. The standard InChI is InChI=1S/C25H40N4O3/c1-3-20(2)22-23(30)27-13-7-17-32-16-5-4-9-25(24(31)28-22)10-14-29(15-11-25)19-21-8-6-12-26-18-21/h6,8,12,18,20,22H,3-5,7,9-11,13-17,19H2,1-2H3,(H,27,30)(H,28,31)/t20-,22-/m0/s1. The molecule has 3 heterocycles. The Morgan fingerprint density at radius 2 is 1.97 bits per heavy atom. The van der Waals surface area contributed by atoms with Gasteiger partial charge in [-0.1, -0.05) is 32.8 Å². The number of hydrogen-bond acceptors (Lipinski definition) is 5. The van der Waals surface area contributed by atoms with E-state index in [1.807, 2.05) is 19.2 Å². The number of carbonyl (C=O) groups is 2. The lowest BCUT2D eigenvalue weighted by atomic mass is 9.73. The van der Waals surface area contributed by atoms with E-state index in [1.54, 1.807) is 6.20 Å². The van der Waals surface area contributed by atoms with E-state index in [1.165, 1.54) is 5.56 Å². The van der Waals surface area contributed by atoms with E-state index in [4.69, 9.17) is 4.74 Å². The van der Waals surface area contributed by atoms with Crippen LogP contribution in [0.4, 0.5) is 0 Å². The molecule has 0 bridgehead atoms. The second-order valence-corrected chi connectivity index (χ2v) is 9.47. The molecule has 1 aromatic rings. The summed E-state index contributed by atoms with van der Waals surface area (Å²) >= 11 is 0. The molecule has 3 rings (SSSR count). The van der Waals surface area contributed by atoms with Crippen LogP contribution in [0.3, 0.4) is 0 Å². The first kappa shape index (κ1) is 24.6. The van der Waals surface area contributed by atoms with Crippen molar-refractivity contribution in [2.24, 2.45) is 11.3 Å². The fourth-order valence-corrected chi connectivity index (χ4v) is 4.74. The van der Waals surface area contributed by atoms with Gasteiger partial charge in [-0.15, -0.1) is 0 Å². The molecule has 0 aliphatic carbocycles. The Morgan fingerprint density at radius 1 is 1.19 bits per heavy atom. The van der Waals surface area contributed by atoms with Gasteiger partial charge in [0.05, 0.1) is 5.41 Å². The summed E-state index contributed by atoms with van der Waals surface area (Å²) in [4.78, 5) is 33.2. The first-order chi connectivity index (χ1) is 15.5. The molecular formula is C25H40N4O3. The maximum Gasteiger partial charge on any atom is 0.242 e. The van der Waals surface area contributed by atoms with Crippen LogP contribution >= 0.6 is 0 Å². The van der Waals surface area contributed by atoms with Gasteiger partial charge in [-0.3, -0.25) is 19.5 Å². The van der Waals surface area contributed by atoms with E-state index >= 15 is 0 Å². The fraction of sp³-hybridized carbons (Fsp3) is 0.720. The first-order valence-corrected chi connectivity index (χ1v) is 12.3. The van der Waals surface area contributed by atoms with Crippen molar-refractivity contribution in [3.05, 3.63) is 30.1 Å². The summed E-state index contributed by atoms with van der Waals surface area (Å²) in [5.74, 6) is 0.0664. The predicted octanol–water partition coefficient (Wildman–Crippen LogP) is 2.90. The van der Waals surface area contributed by atoms with E-state index in [0.29, 0.717) is 19.8 Å². The Labute approximate surface area is 192 Å². The summed E-state index contributed by atoms with van der Waals surface area (Å²) in [5.41, 5.74) is 0.784. The van der Waals surface area contributed by atoms with E-state index in [2.05, 4.69) is 33.5 Å². The molecule has 1 spiro atoms. The van der Waals surface area contributed by atoms with Crippen LogP contribution in [-0.4, -0.2) is 60.6 Å². The lowest BCUT2D eigenvalue weighted by Gasteiger charge is -2.42. The van der Waals surface area contributed by atoms with Gasteiger partial charge in [-0.25, -0.2) is 0 Å². The molecule has 7 heteroatoms. The lowest BCUT2D eigenvalue weighted by molar-refractivity contribution is -0.139. The number of amides is 2. The molecule has 7 nitrogen and oxygen atoms in total. The Morgan fingerprint density at radius 3 is 2.69 bits per heavy atom. The second kappa shape index (κ2) is 12.3. The van der Waals surface area contributed by atoms with Crippen LogP contribution in [0.5, 0.6) is 0 Å². The molecule has 2 fully saturated rings. The second-order valence-electron chi connectivity index (χ2n) is 9.47. The van der Waals surface area contributed by atoms with Gasteiger partial charge in [0, 0.05) is 38.7 Å². The van der Waals surface area contributed by atoms with Crippen LogP contribution in [0.2, 0.25) is 0 Å². The molecule has 0 unspecified atom stereocenters. The third-order valence-electron chi connectivity index (χ3n) is 7.16. The van der Waals surface area contributed by atoms with Gasteiger partial charge >= 0.3 is 0 Å². The summed E-state index contributed by atoms with van der Waals surface area (Å²) in [6.45, 7) is 8.67. The molecule has 2 aliphatic rings. The van der Waals surface area contributed by atoms with Crippen molar-refractivity contribution in [3.63, 3.8) is 0 Å². The van der Waals surface area contributed by atoms with Gasteiger partial charge < -0.3 is 15.4 Å². The highest BCUT2D eigenvalue weighted by molar-refractivity contribution is 5.90. The molecule has 2 N–H and O–H groups in total. The van der Waals surface area contributed by atoms with Crippen molar-refractivity contribution in [1.82, 2.24) is 20.5 Å². The topological polar surface area (TPSA) is 83.6 Å². The third kappa shape index (κ3) is 6.75. The zero-order chi connectivity index (χ0) is 22.8. The van der Waals surface area contributed by atoms with Crippen molar-refractivity contribution in [3.8, 4) is 0 Å². The number of likely N-dealkylation sites (tertiary alicyclic amines) is 1. The highest BCUT2D eigenvalue weighted by Crippen LogP contribution is 2.38. The number of carbonyl (C=O) groups excluding carboxylic acids is 2. The van der Waals surface area contributed by atoms with Crippen molar-refractivity contribution in [2.75, 3.05) is 32.8 Å². The zero-order valence-corrected chi connectivity index (χ0v) is 19.8. The molecule has 0 aromatic carbocycles. The monoisotopic (exact) mass is 444 g/mol. The maximum atomic E-state index is 13.7. The van der Waals surface area contributed by atoms with Crippen LogP contribution in [0.15, 0.2) is 24.5 Å². The number of nitrogens with zero attached hydrogens (tertiary/aromatic N) is 2. The maximum absolute atomic E-state index is 13.7. The summed E-state index contributed by atoms with van der Waals surface area (Å²) in [6, 6.07) is 3.58. The summed E-state index contributed by atoms with van der Waals surface area (Å²) in [5, 5.41) is 6.19. The van der Waals surface area contributed by atoms with Crippen molar-refractivity contribution in [2.45, 2.75) is 71.4 Å². The minimum atomic E-state index is -0.485. The summed E-state index contributed by atoms with van der Waals surface area (Å²) in [6.07, 6.45) is 9.75. The smallest absolute Gasteiger partial charge is 0.242 e. The number of hydrogen-bond donors (Lipinski definition) is 2. The van der Waals surface area contributed by atoms with Gasteiger partial charge in [-0.05, 0) is 62.7 Å². The summed E-state index contributed by atoms with van der Waals surface area (Å²) in [7, 11) is 0. The van der Waals surface area contributed by atoms with Crippen LogP contribution in [0.1, 0.15) is 64.4 Å². The van der Waals surface area contributed by atoms with Gasteiger partial charge in [0.25, 0.3) is 0 Å². The van der Waals surface area contributed by atoms with Crippen LogP contribution in [0, 0.1) is 11.3 Å². The number of aromatic nitrogens is 1. The van der Waals surface area contributed by atoms with Crippen molar-refractivity contribution in [1.29, 1.82) is 0 Å². The highest BCUT2D eigenvalue weighted by atomic mass is 16.5. The normalized spacial score (nSPS) is 24.9. The average molecular weight is 445 g/mol. The first-order valence-electron chi connectivity index (χ1n) is 12.3. The van der Waals surface area contributed by atoms with Crippen molar-refractivity contribution < 1.29 is 14.3 Å². The average Bonchev–Trinajstić information content (AvgIpc) is 2.82. The largest absolute Gasteiger partial charge is 0.381 e. The van der Waals surface area contributed by atoms with Crippen molar-refractivity contribution >= 4 is 11.8 Å². The van der Waals surface area contributed by atoms with Crippen LogP contribution in [0.25, 0.3) is 0 Å². The molecule has 32 heavy (non-hydrogen) atoms. The zero-order valence-electron chi connectivity index (χ0n) is 19.8. The Kier molecular flexibility index (Phi) is 9.48. The molecule has 0 saturated carbocycles. The number of ether oxygens (including phenoxy) is 1. The van der Waals surface area contributed by atoms with Gasteiger partial charge in [0.15, 0.2) is 0 Å². The molecule has 2 atom stereocenters. The number of rotatable bonds is 4. The molecule has 0 radical (unpaired) electrons. The van der Waals surface area contributed by atoms with Gasteiger partial charge in [0.1, 0.15) is 6.04 Å². The molecule has 2 aliphatic heterocycles. The van der Waals surface area contributed by atoms with Crippen LogP contribution in [-0.2, 0) is 20.9 Å². The number of nitrogens with one attached hydrogen (secondary N) is 2. The molecular weight excluding hydrogens is 404 g/mol. The van der Waals surface area contributed by atoms with Gasteiger partial charge in [-0.2, -0.15) is 0 Å².